The van der Waals surface area contributed by atoms with Crippen molar-refractivity contribution < 1.29 is 23.1 Å². The third-order valence-corrected chi connectivity index (χ3v) is 3.04. The molecule has 102 valence electrons. The monoisotopic (exact) mass is 255 g/mol. The number of carboxylic acid groups (broad SMARTS) is 1. The van der Waals surface area contributed by atoms with E-state index in [0.717, 1.165) is 12.8 Å². The highest BCUT2D eigenvalue weighted by molar-refractivity contribution is 5.79. The molecular weight excluding hydrogens is 235 g/mol. The van der Waals surface area contributed by atoms with Gasteiger partial charge in [-0.3, -0.25) is 0 Å². The molecule has 6 heteroatoms. The minimum absolute atomic E-state index is 0.308. The van der Waals surface area contributed by atoms with Crippen LogP contribution in [-0.2, 0) is 4.79 Å². The van der Waals surface area contributed by atoms with E-state index >= 15 is 0 Å². The number of hydrogen-bond acceptors (Lipinski definition) is 2. The molecule has 0 spiro atoms. The largest absolute Gasteiger partial charge is 0.480 e. The van der Waals surface area contributed by atoms with Gasteiger partial charge >= 0.3 is 12.1 Å². The second-order valence-electron chi connectivity index (χ2n) is 4.39. The average Bonchev–Trinajstić information content (AvgIpc) is 2.21. The summed E-state index contributed by atoms with van der Waals surface area (Å²) >= 11 is 0. The van der Waals surface area contributed by atoms with Crippen molar-refractivity contribution in [1.29, 1.82) is 0 Å². The van der Waals surface area contributed by atoms with E-state index in [0.29, 0.717) is 12.8 Å². The van der Waals surface area contributed by atoms with Gasteiger partial charge in [-0.05, 0) is 12.3 Å². The normalized spacial score (nSPS) is 17.5. The van der Waals surface area contributed by atoms with Crippen LogP contribution in [0.15, 0.2) is 0 Å². The molecule has 0 radical (unpaired) electrons. The molecule has 0 amide bonds. The topological polar surface area (TPSA) is 63.3 Å². The number of alkyl halides is 3. The molecule has 0 aromatic heterocycles. The lowest BCUT2D eigenvalue weighted by atomic mass is 9.83. The Kier molecular flexibility index (Phi) is 5.95. The molecule has 0 fully saturated rings. The molecule has 0 heterocycles. The van der Waals surface area contributed by atoms with Gasteiger partial charge in [-0.15, -0.1) is 0 Å². The third-order valence-electron chi connectivity index (χ3n) is 3.04. The Morgan fingerprint density at radius 3 is 2.18 bits per heavy atom. The van der Waals surface area contributed by atoms with Gasteiger partial charge in [0, 0.05) is 0 Å². The van der Waals surface area contributed by atoms with Gasteiger partial charge in [-0.25, -0.2) is 4.79 Å². The first-order valence-corrected chi connectivity index (χ1v) is 5.78. The van der Waals surface area contributed by atoms with Crippen LogP contribution in [0.4, 0.5) is 13.2 Å². The van der Waals surface area contributed by atoms with Crippen LogP contribution in [0.25, 0.3) is 0 Å². The fourth-order valence-corrected chi connectivity index (χ4v) is 1.72. The maximum Gasteiger partial charge on any atom is 0.417 e. The molecule has 0 saturated carbocycles. The van der Waals surface area contributed by atoms with Crippen LogP contribution in [0.5, 0.6) is 0 Å². The zero-order chi connectivity index (χ0) is 13.7. The Balaban J connectivity index is 4.80. The minimum Gasteiger partial charge on any atom is -0.480 e. The van der Waals surface area contributed by atoms with E-state index in [9.17, 15) is 18.0 Å². The summed E-state index contributed by atoms with van der Waals surface area (Å²) in [5.74, 6) is -2.31. The number of nitrogens with two attached hydrogens (primary N) is 1. The van der Waals surface area contributed by atoms with Crippen molar-refractivity contribution in [3.05, 3.63) is 0 Å². The first-order chi connectivity index (χ1) is 7.69. The van der Waals surface area contributed by atoms with E-state index in [1.807, 2.05) is 6.92 Å². The molecule has 3 N–H and O–H groups in total. The summed E-state index contributed by atoms with van der Waals surface area (Å²) in [6, 6.07) is 0. The maximum atomic E-state index is 12.7. The average molecular weight is 255 g/mol. The Morgan fingerprint density at radius 2 is 1.88 bits per heavy atom. The number of hydrogen-bond donors (Lipinski definition) is 2. The van der Waals surface area contributed by atoms with Crippen LogP contribution < -0.4 is 5.73 Å². The summed E-state index contributed by atoms with van der Waals surface area (Å²) in [6.45, 7) is 3.68. The summed E-state index contributed by atoms with van der Waals surface area (Å²) in [4.78, 5) is 10.7. The van der Waals surface area contributed by atoms with Crippen molar-refractivity contribution in [2.45, 2.75) is 57.7 Å². The molecule has 0 aliphatic carbocycles. The number of rotatable bonds is 7. The van der Waals surface area contributed by atoms with Gasteiger partial charge in [0.05, 0.1) is 0 Å². The molecule has 0 aliphatic heterocycles. The molecule has 0 saturated heterocycles. The van der Waals surface area contributed by atoms with Gasteiger partial charge in [0.2, 0.25) is 5.54 Å². The molecule has 2 atom stereocenters. The molecule has 17 heavy (non-hydrogen) atoms. The fourth-order valence-electron chi connectivity index (χ4n) is 1.72. The Hall–Kier alpha value is -0.780. The number of aliphatic carboxylic acids is 1. The molecule has 2 unspecified atom stereocenters. The van der Waals surface area contributed by atoms with Gasteiger partial charge < -0.3 is 10.8 Å². The zero-order valence-corrected chi connectivity index (χ0v) is 10.2. The quantitative estimate of drug-likeness (QED) is 0.735. The lowest BCUT2D eigenvalue weighted by molar-refractivity contribution is -0.205. The highest BCUT2D eigenvalue weighted by Gasteiger charge is 2.58. The molecule has 0 rings (SSSR count). The Bertz CT molecular complexity index is 256. The summed E-state index contributed by atoms with van der Waals surface area (Å²) < 4.78 is 38.0. The second-order valence-corrected chi connectivity index (χ2v) is 4.39. The smallest absolute Gasteiger partial charge is 0.417 e. The predicted octanol–water partition coefficient (Wildman–Crippen LogP) is 2.94. The van der Waals surface area contributed by atoms with Gasteiger partial charge in [0.1, 0.15) is 0 Å². The highest BCUT2D eigenvalue weighted by atomic mass is 19.4. The van der Waals surface area contributed by atoms with Crippen molar-refractivity contribution in [2.24, 2.45) is 11.7 Å². The van der Waals surface area contributed by atoms with E-state index in [2.05, 4.69) is 0 Å². The van der Waals surface area contributed by atoms with Crippen LogP contribution in [0.2, 0.25) is 0 Å². The van der Waals surface area contributed by atoms with Crippen molar-refractivity contribution in [1.82, 2.24) is 0 Å². The number of carboxylic acids is 1. The van der Waals surface area contributed by atoms with Crippen LogP contribution in [0, 0.1) is 5.92 Å². The van der Waals surface area contributed by atoms with E-state index < -0.39 is 24.1 Å². The molecule has 0 aromatic rings. The molecular formula is C11H20F3NO2. The Labute approximate surface area is 99.2 Å². The lowest BCUT2D eigenvalue weighted by Gasteiger charge is -2.30. The summed E-state index contributed by atoms with van der Waals surface area (Å²) in [5, 5.41) is 8.69. The molecule has 3 nitrogen and oxygen atoms in total. The number of halogens is 3. The van der Waals surface area contributed by atoms with E-state index in [4.69, 9.17) is 10.8 Å². The van der Waals surface area contributed by atoms with Crippen molar-refractivity contribution >= 4 is 5.97 Å². The van der Waals surface area contributed by atoms with Crippen molar-refractivity contribution in [3.63, 3.8) is 0 Å². The van der Waals surface area contributed by atoms with E-state index in [1.54, 1.807) is 6.92 Å². The maximum absolute atomic E-state index is 12.7. The zero-order valence-electron chi connectivity index (χ0n) is 10.2. The summed E-state index contributed by atoms with van der Waals surface area (Å²) in [5.41, 5.74) is 1.92. The SMILES string of the molecule is CCCCC(CC)CC(N)(C(=O)O)C(F)(F)F. The van der Waals surface area contributed by atoms with Gasteiger partial charge in [0.15, 0.2) is 0 Å². The van der Waals surface area contributed by atoms with E-state index in [1.165, 1.54) is 0 Å². The number of unbranched alkanes of at least 4 members (excludes halogenated alkanes) is 1. The van der Waals surface area contributed by atoms with Crippen LogP contribution in [-0.4, -0.2) is 22.8 Å². The third kappa shape index (κ3) is 4.18. The summed E-state index contributed by atoms with van der Waals surface area (Å²) in [7, 11) is 0. The molecule has 0 bridgehead atoms. The predicted molar refractivity (Wildman–Crippen MR) is 58.5 cm³/mol. The first kappa shape index (κ1) is 16.2. The molecule has 0 aromatic carbocycles. The second kappa shape index (κ2) is 6.23. The van der Waals surface area contributed by atoms with Crippen molar-refractivity contribution in [2.75, 3.05) is 0 Å². The minimum atomic E-state index is -4.92. The van der Waals surface area contributed by atoms with Gasteiger partial charge in [-0.2, -0.15) is 13.2 Å². The standard InChI is InChI=1S/C11H20F3NO2/c1-3-5-6-8(4-2)7-10(15,9(16)17)11(12,13)14/h8H,3-7,15H2,1-2H3,(H,16,17). The summed E-state index contributed by atoms with van der Waals surface area (Å²) in [6.07, 6.45) is -2.74. The van der Waals surface area contributed by atoms with Crippen LogP contribution in [0.1, 0.15) is 46.0 Å². The van der Waals surface area contributed by atoms with Crippen LogP contribution >= 0.6 is 0 Å². The van der Waals surface area contributed by atoms with Crippen molar-refractivity contribution in [3.8, 4) is 0 Å². The lowest BCUT2D eigenvalue weighted by Crippen LogP contribution is -2.60. The fraction of sp³-hybridized carbons (Fsp3) is 0.909. The van der Waals surface area contributed by atoms with E-state index in [-0.39, 0.29) is 5.92 Å². The first-order valence-electron chi connectivity index (χ1n) is 5.78. The van der Waals surface area contributed by atoms with Gasteiger partial charge in [0.25, 0.3) is 0 Å². The number of carbonyl (C=O) groups is 1. The van der Waals surface area contributed by atoms with Gasteiger partial charge in [-0.1, -0.05) is 39.5 Å². The molecule has 0 aliphatic rings. The highest BCUT2D eigenvalue weighted by Crippen LogP contribution is 2.35. The Morgan fingerprint density at radius 1 is 1.35 bits per heavy atom. The van der Waals surface area contributed by atoms with Crippen LogP contribution in [0.3, 0.4) is 0 Å².